The third-order valence-corrected chi connectivity index (χ3v) is 17.6. The highest BCUT2D eigenvalue weighted by atomic mass is 32.2. The van der Waals surface area contributed by atoms with Gasteiger partial charge in [-0.1, -0.05) is 184 Å². The maximum Gasteiger partial charge on any atom is 0.243 e. The number of nitrogens with zero attached hydrogens (tertiary/aromatic N) is 8. The van der Waals surface area contributed by atoms with E-state index in [1.165, 1.54) is 50.9 Å². The van der Waals surface area contributed by atoms with E-state index in [-0.39, 0.29) is 91.2 Å². The molecule has 7 N–H and O–H groups in total. The van der Waals surface area contributed by atoms with Gasteiger partial charge in [-0.05, 0) is 106 Å². The van der Waals surface area contributed by atoms with Crippen molar-refractivity contribution in [3.8, 4) is 0 Å². The van der Waals surface area contributed by atoms with Gasteiger partial charge in [0.2, 0.25) is 26.0 Å². The average molecular weight is 1230 g/mol. The summed E-state index contributed by atoms with van der Waals surface area (Å²) in [6, 6.07) is 49.8. The number of aliphatic hydroxyl groups excluding tert-OH is 4. The smallest absolute Gasteiger partial charge is 0.243 e. The quantitative estimate of drug-likeness (QED) is 0.0112. The number of amides is 1. The fourth-order valence-electron chi connectivity index (χ4n) is 9.19. The van der Waals surface area contributed by atoms with Gasteiger partial charge in [0.1, 0.15) is 0 Å². The summed E-state index contributed by atoms with van der Waals surface area (Å²) in [5.41, 5.74) is 28.5. The van der Waals surface area contributed by atoms with E-state index < -0.39 is 44.3 Å². The van der Waals surface area contributed by atoms with Gasteiger partial charge in [-0.25, -0.2) is 16.8 Å². The predicted octanol–water partition coefficient (Wildman–Crippen LogP) is 8.30. The second-order valence-corrected chi connectivity index (χ2v) is 26.1. The molecule has 23 heteroatoms. The van der Waals surface area contributed by atoms with Gasteiger partial charge in [-0.3, -0.25) is 4.79 Å². The number of hydrogen-bond donors (Lipinski definition) is 6. The van der Waals surface area contributed by atoms with Gasteiger partial charge in [-0.2, -0.15) is 8.61 Å². The zero-order chi connectivity index (χ0) is 63.4. The molecule has 1 amide bonds. The zero-order valence-corrected chi connectivity index (χ0v) is 51.7. The SMILES string of the molecule is CC(=O)N[C@@H](Cc1ccccc1)[C@H](O)CN(CC(C)C)S(=O)(=O)c1ccc(CO)cc1.CC(C)CN(C[C@@H](O)[C@@H](N)Cc1ccccc1)S(=O)(=O)c1ccc(CO)cc1.[N-]=[N+]=N[C@@H](Cc1ccccc1)[C@H]1CO1.[N-]=[N+]=N[C@@H](Cc1ccccc1)[C@H]1CO1. The number of ether oxygens (including phenoxy) is 2. The standard InChI is InChI=1S/C23H32N2O5S.C21H30N2O4S.2C10H11N3O/c1-17(2)14-25(31(29,30)21-11-9-20(16-26)10-12-21)15-23(28)22(24-18(3)27)13-19-7-5-4-6-8-19;1-16(2)13-23(28(26,27)19-10-8-18(15-24)9-11-19)14-21(25)20(22)12-17-6-4-3-5-7-17;2*11-13-12-9(10-7-14-10)6-8-4-2-1-3-5-8/h4-12,17,22-23,26,28H,13-16H2,1-3H3,(H,24,27);3-11,16,20-21,24-25H,12-15,22H2,1-2H3;2*1-5,9-10H,6-7H2/t22-,23+;20-,21+;2*9-,10+/m0000/s1. The van der Waals surface area contributed by atoms with E-state index in [1.54, 1.807) is 24.3 Å². The largest absolute Gasteiger partial charge is 0.392 e. The predicted molar refractivity (Wildman–Crippen MR) is 335 cm³/mol. The Labute approximate surface area is 512 Å². The molecule has 21 nitrogen and oxygen atoms in total. The first kappa shape index (κ1) is 70.7. The molecule has 468 valence electrons. The van der Waals surface area contributed by atoms with Crippen molar-refractivity contribution in [2.24, 2.45) is 27.8 Å². The molecule has 0 spiro atoms. The molecule has 0 bridgehead atoms. The monoisotopic (exact) mass is 1230 g/mol. The van der Waals surface area contributed by atoms with Crippen LogP contribution in [0.4, 0.5) is 0 Å². The number of benzene rings is 6. The second kappa shape index (κ2) is 36.3. The molecule has 2 heterocycles. The van der Waals surface area contributed by atoms with Gasteiger partial charge >= 0.3 is 0 Å². The molecule has 87 heavy (non-hydrogen) atoms. The molecule has 2 aliphatic rings. The summed E-state index contributed by atoms with van der Waals surface area (Å²) in [6.07, 6.45) is 0.521. The van der Waals surface area contributed by atoms with Gasteiger partial charge in [0.25, 0.3) is 0 Å². The number of nitrogens with two attached hydrogens (primary N) is 1. The molecule has 0 unspecified atom stereocenters. The van der Waals surface area contributed by atoms with Crippen molar-refractivity contribution in [3.63, 3.8) is 0 Å². The third kappa shape index (κ3) is 24.9. The van der Waals surface area contributed by atoms with Crippen molar-refractivity contribution in [2.75, 3.05) is 39.4 Å². The van der Waals surface area contributed by atoms with Crippen LogP contribution in [-0.2, 0) is 73.2 Å². The Hall–Kier alpha value is -7.05. The summed E-state index contributed by atoms with van der Waals surface area (Å²) in [4.78, 5) is 17.6. The molecule has 0 aromatic heterocycles. The van der Waals surface area contributed by atoms with Gasteiger partial charge in [0, 0.05) is 49.0 Å². The summed E-state index contributed by atoms with van der Waals surface area (Å²) in [5.74, 6) is -0.172. The van der Waals surface area contributed by atoms with Crippen LogP contribution in [0.3, 0.4) is 0 Å². The van der Waals surface area contributed by atoms with Crippen molar-refractivity contribution < 1.29 is 51.5 Å². The van der Waals surface area contributed by atoms with Crippen LogP contribution in [0.25, 0.3) is 20.9 Å². The first-order valence-corrected chi connectivity index (χ1v) is 31.8. The van der Waals surface area contributed by atoms with E-state index in [2.05, 4.69) is 25.4 Å². The van der Waals surface area contributed by atoms with Crippen molar-refractivity contribution in [2.45, 2.75) is 132 Å². The Kier molecular flexibility index (Phi) is 29.5. The fourth-order valence-corrected chi connectivity index (χ4v) is 12.4. The molecule has 2 aliphatic heterocycles. The Morgan fingerprint density at radius 1 is 0.540 bits per heavy atom. The number of azide groups is 2. The Morgan fingerprint density at radius 2 is 0.862 bits per heavy atom. The number of sulfonamides is 2. The zero-order valence-electron chi connectivity index (χ0n) is 50.0. The summed E-state index contributed by atoms with van der Waals surface area (Å²) < 4.78 is 65.5. The Balaban J connectivity index is 0.000000224. The summed E-state index contributed by atoms with van der Waals surface area (Å²) in [7, 11) is -7.66. The van der Waals surface area contributed by atoms with Gasteiger partial charge in [0.05, 0.1) is 78.8 Å². The van der Waals surface area contributed by atoms with E-state index in [4.69, 9.17) is 31.4 Å². The lowest BCUT2D eigenvalue weighted by Gasteiger charge is -2.30. The van der Waals surface area contributed by atoms with Crippen molar-refractivity contribution in [3.05, 3.63) is 224 Å². The summed E-state index contributed by atoms with van der Waals surface area (Å²) in [6.45, 7) is 10.4. The maximum absolute atomic E-state index is 13.3. The highest BCUT2D eigenvalue weighted by molar-refractivity contribution is 7.89. The minimum absolute atomic E-state index is 0.0343. The van der Waals surface area contributed by atoms with Crippen LogP contribution in [0.15, 0.2) is 190 Å². The van der Waals surface area contributed by atoms with Crippen molar-refractivity contribution >= 4 is 26.0 Å². The molecule has 2 saturated heterocycles. The molecule has 0 aliphatic carbocycles. The number of nitrogens with one attached hydrogen (secondary N) is 1. The molecule has 8 atom stereocenters. The minimum atomic E-state index is -3.87. The number of rotatable bonds is 29. The van der Waals surface area contributed by atoms with Crippen LogP contribution in [0.5, 0.6) is 0 Å². The van der Waals surface area contributed by atoms with E-state index in [9.17, 15) is 36.9 Å². The van der Waals surface area contributed by atoms with Crippen LogP contribution in [-0.4, -0.2) is 140 Å². The molecular formula is C64H84N10O11S2. The van der Waals surface area contributed by atoms with Gasteiger partial charge < -0.3 is 41.0 Å². The van der Waals surface area contributed by atoms with E-state index in [0.717, 1.165) is 37.2 Å². The van der Waals surface area contributed by atoms with Gasteiger partial charge in [0.15, 0.2) is 0 Å². The molecule has 6 aromatic carbocycles. The second-order valence-electron chi connectivity index (χ2n) is 22.2. The lowest BCUT2D eigenvalue weighted by atomic mass is 10.0. The molecule has 6 aromatic rings. The molecule has 0 radical (unpaired) electrons. The van der Waals surface area contributed by atoms with Crippen LogP contribution in [0.1, 0.15) is 68.0 Å². The normalized spacial score (nSPS) is 16.3. The fraction of sp³-hybridized carbons (Fsp3) is 0.422. The van der Waals surface area contributed by atoms with Crippen LogP contribution in [0.2, 0.25) is 0 Å². The number of carbonyl (C=O) groups excluding carboxylic acids is 1. The highest BCUT2D eigenvalue weighted by Crippen LogP contribution is 2.24. The molecule has 0 saturated carbocycles. The summed E-state index contributed by atoms with van der Waals surface area (Å²) in [5, 5.41) is 50.1. The van der Waals surface area contributed by atoms with E-state index >= 15 is 0 Å². The number of aliphatic hydroxyl groups is 4. The van der Waals surface area contributed by atoms with Crippen LogP contribution >= 0.6 is 0 Å². The number of epoxide rings is 2. The first-order valence-electron chi connectivity index (χ1n) is 28.9. The first-order chi connectivity index (χ1) is 41.7. The van der Waals surface area contributed by atoms with E-state index in [0.29, 0.717) is 24.0 Å². The lowest BCUT2D eigenvalue weighted by Crippen LogP contribution is -2.50. The lowest BCUT2D eigenvalue weighted by molar-refractivity contribution is -0.120. The van der Waals surface area contributed by atoms with Crippen LogP contribution < -0.4 is 11.1 Å². The highest BCUT2D eigenvalue weighted by Gasteiger charge is 2.34. The summed E-state index contributed by atoms with van der Waals surface area (Å²) >= 11 is 0. The number of carbonyl (C=O) groups is 1. The van der Waals surface area contributed by atoms with E-state index in [1.807, 2.05) is 149 Å². The Bertz CT molecular complexity index is 3210. The third-order valence-electron chi connectivity index (χ3n) is 13.9. The number of hydrogen-bond acceptors (Lipinski definition) is 14. The van der Waals surface area contributed by atoms with Crippen molar-refractivity contribution in [1.29, 1.82) is 0 Å². The van der Waals surface area contributed by atoms with Crippen LogP contribution in [0, 0.1) is 11.8 Å². The maximum atomic E-state index is 13.3. The minimum Gasteiger partial charge on any atom is -0.392 e. The average Bonchev–Trinajstić information content (AvgIpc) is 2.77. The topological polar surface area (TPSA) is 333 Å². The van der Waals surface area contributed by atoms with Gasteiger partial charge in [-0.15, -0.1) is 0 Å². The molecule has 8 rings (SSSR count). The van der Waals surface area contributed by atoms with Crippen molar-refractivity contribution in [1.82, 2.24) is 13.9 Å². The molecular weight excluding hydrogens is 1150 g/mol. The Morgan fingerprint density at radius 3 is 1.16 bits per heavy atom. The molecule has 2 fully saturated rings.